The van der Waals surface area contributed by atoms with Crippen LogP contribution < -0.4 is 0 Å². The number of hydrogen-bond donors (Lipinski definition) is 0. The lowest BCUT2D eigenvalue weighted by molar-refractivity contribution is -0.0586. The van der Waals surface area contributed by atoms with Gasteiger partial charge >= 0.3 is 0 Å². The van der Waals surface area contributed by atoms with Crippen molar-refractivity contribution in [3.63, 3.8) is 0 Å². The van der Waals surface area contributed by atoms with Gasteiger partial charge in [-0.25, -0.2) is 9.97 Å². The van der Waals surface area contributed by atoms with Crippen molar-refractivity contribution in [3.8, 4) is 10.6 Å². The molecule has 1 amide bonds. The highest BCUT2D eigenvalue weighted by molar-refractivity contribution is 7.15. The van der Waals surface area contributed by atoms with Crippen molar-refractivity contribution in [2.45, 2.75) is 46.3 Å². The number of pyridine rings is 1. The molecule has 0 bridgehead atoms. The van der Waals surface area contributed by atoms with E-state index in [1.54, 1.807) is 28.9 Å². The molecule has 6 nitrogen and oxygen atoms in total. The number of nitrogens with zero attached hydrogens (tertiary/aromatic N) is 4. The van der Waals surface area contributed by atoms with Gasteiger partial charge in [-0.05, 0) is 39.8 Å². The summed E-state index contributed by atoms with van der Waals surface area (Å²) in [4.78, 5) is 29.5. The molecule has 3 aromatic heterocycles. The molecule has 4 rings (SSSR count). The van der Waals surface area contributed by atoms with Crippen molar-refractivity contribution < 1.29 is 9.53 Å². The second-order valence-corrected chi connectivity index (χ2v) is 9.60. The Hall–Kier alpha value is -2.16. The molecular formula is C21H24N4O2S2. The Bertz CT molecular complexity index is 1000. The molecule has 0 radical (unpaired) electrons. The zero-order valence-corrected chi connectivity index (χ0v) is 18.6. The molecule has 0 unspecified atom stereocenters. The number of aryl methyl sites for hydroxylation is 2. The van der Waals surface area contributed by atoms with Gasteiger partial charge in [0.25, 0.3) is 5.91 Å². The molecule has 0 spiro atoms. The van der Waals surface area contributed by atoms with Crippen molar-refractivity contribution in [1.82, 2.24) is 19.9 Å². The summed E-state index contributed by atoms with van der Waals surface area (Å²) in [6, 6.07) is 3.78. The molecule has 0 aromatic carbocycles. The molecule has 0 aliphatic carbocycles. The standard InChI is InChI=1S/C21H24N4O2S2/c1-12-9-25(10-13(2)27-12)21(26)16-5-6-17(22-8-16)7-19-24-18(11-28-19)20-14(3)23-15(4)29-20/h5-6,8,11-13H,7,9-10H2,1-4H3/t12-,13+. The number of amides is 1. The number of morpholine rings is 1. The smallest absolute Gasteiger partial charge is 0.255 e. The maximum atomic E-state index is 12.8. The molecule has 1 aliphatic rings. The minimum atomic E-state index is 0.0126. The van der Waals surface area contributed by atoms with E-state index in [4.69, 9.17) is 9.72 Å². The summed E-state index contributed by atoms with van der Waals surface area (Å²) < 4.78 is 5.71. The monoisotopic (exact) mass is 428 g/mol. The highest BCUT2D eigenvalue weighted by Crippen LogP contribution is 2.31. The quantitative estimate of drug-likeness (QED) is 0.625. The van der Waals surface area contributed by atoms with Gasteiger partial charge in [-0.1, -0.05) is 0 Å². The van der Waals surface area contributed by atoms with Crippen LogP contribution in [-0.4, -0.2) is 51.1 Å². The van der Waals surface area contributed by atoms with E-state index < -0.39 is 0 Å². The van der Waals surface area contributed by atoms with Crippen LogP contribution in [0.3, 0.4) is 0 Å². The van der Waals surface area contributed by atoms with Crippen molar-refractivity contribution >= 4 is 28.6 Å². The van der Waals surface area contributed by atoms with E-state index >= 15 is 0 Å². The van der Waals surface area contributed by atoms with Crippen LogP contribution >= 0.6 is 22.7 Å². The average Bonchev–Trinajstić information content (AvgIpc) is 3.26. The minimum Gasteiger partial charge on any atom is -0.372 e. The Balaban J connectivity index is 1.43. The lowest BCUT2D eigenvalue weighted by Crippen LogP contribution is -2.48. The fraction of sp³-hybridized carbons (Fsp3) is 0.429. The molecule has 1 fully saturated rings. The van der Waals surface area contributed by atoms with Gasteiger partial charge in [0.15, 0.2) is 0 Å². The first-order chi connectivity index (χ1) is 13.9. The van der Waals surface area contributed by atoms with Gasteiger partial charge in [0.2, 0.25) is 0 Å². The van der Waals surface area contributed by atoms with E-state index in [2.05, 4.69) is 15.3 Å². The predicted octanol–water partition coefficient (Wildman–Crippen LogP) is 4.12. The molecule has 4 heterocycles. The Kier molecular flexibility index (Phi) is 5.76. The van der Waals surface area contributed by atoms with Crippen LogP contribution in [0.2, 0.25) is 0 Å². The third-order valence-corrected chi connectivity index (χ3v) is 6.74. The highest BCUT2D eigenvalue weighted by Gasteiger charge is 2.26. The predicted molar refractivity (Wildman–Crippen MR) is 116 cm³/mol. The van der Waals surface area contributed by atoms with Crippen molar-refractivity contribution in [2.24, 2.45) is 0 Å². The second-order valence-electron chi connectivity index (χ2n) is 7.46. The third-order valence-electron chi connectivity index (χ3n) is 4.80. The van der Waals surface area contributed by atoms with Crippen LogP contribution in [0.15, 0.2) is 23.7 Å². The van der Waals surface area contributed by atoms with Crippen LogP contribution in [0.5, 0.6) is 0 Å². The number of hydrogen-bond acceptors (Lipinski definition) is 7. The molecule has 0 saturated carbocycles. The van der Waals surface area contributed by atoms with Gasteiger partial charge in [0, 0.05) is 36.8 Å². The number of carbonyl (C=O) groups is 1. The Morgan fingerprint density at radius 3 is 2.59 bits per heavy atom. The summed E-state index contributed by atoms with van der Waals surface area (Å²) in [6.45, 7) is 9.25. The Labute approximate surface area is 178 Å². The number of aromatic nitrogens is 3. The normalized spacial score (nSPS) is 19.5. The van der Waals surface area contributed by atoms with Crippen LogP contribution in [-0.2, 0) is 11.2 Å². The maximum Gasteiger partial charge on any atom is 0.255 e. The summed E-state index contributed by atoms with van der Waals surface area (Å²) in [5, 5.41) is 4.14. The number of thiazole rings is 2. The second kappa shape index (κ2) is 8.30. The first-order valence-electron chi connectivity index (χ1n) is 9.67. The third kappa shape index (κ3) is 4.55. The molecule has 3 aromatic rings. The van der Waals surface area contributed by atoms with Crippen molar-refractivity contribution in [2.75, 3.05) is 13.1 Å². The first kappa shape index (κ1) is 20.1. The van der Waals surface area contributed by atoms with Gasteiger partial charge in [-0.3, -0.25) is 9.78 Å². The lowest BCUT2D eigenvalue weighted by atomic mass is 10.1. The van der Waals surface area contributed by atoms with Gasteiger partial charge < -0.3 is 9.64 Å². The molecule has 1 aliphatic heterocycles. The minimum absolute atomic E-state index is 0.0126. The molecule has 152 valence electrons. The van der Waals surface area contributed by atoms with Crippen LogP contribution in [0.25, 0.3) is 10.6 Å². The number of carbonyl (C=O) groups excluding carboxylic acids is 1. The van der Waals surface area contributed by atoms with E-state index in [9.17, 15) is 4.79 Å². The summed E-state index contributed by atoms with van der Waals surface area (Å²) in [6.07, 6.45) is 2.44. The van der Waals surface area contributed by atoms with E-state index in [1.165, 1.54) is 0 Å². The zero-order valence-electron chi connectivity index (χ0n) is 17.0. The van der Waals surface area contributed by atoms with Gasteiger partial charge in [0.1, 0.15) is 0 Å². The van der Waals surface area contributed by atoms with E-state index in [-0.39, 0.29) is 18.1 Å². The summed E-state index contributed by atoms with van der Waals surface area (Å²) in [7, 11) is 0. The lowest BCUT2D eigenvalue weighted by Gasteiger charge is -2.35. The average molecular weight is 429 g/mol. The fourth-order valence-corrected chi connectivity index (χ4v) is 5.36. The molecule has 1 saturated heterocycles. The summed E-state index contributed by atoms with van der Waals surface area (Å²) >= 11 is 3.30. The van der Waals surface area contributed by atoms with Crippen LogP contribution in [0, 0.1) is 13.8 Å². The largest absolute Gasteiger partial charge is 0.372 e. The van der Waals surface area contributed by atoms with Crippen LogP contribution in [0.4, 0.5) is 0 Å². The Morgan fingerprint density at radius 1 is 1.21 bits per heavy atom. The SMILES string of the molecule is Cc1nc(C)c(-c2csc(Cc3ccc(C(=O)N4C[C@@H](C)O[C@@H](C)C4)cn3)n2)s1. The molecule has 8 heteroatoms. The van der Waals surface area contributed by atoms with Crippen molar-refractivity contribution in [3.05, 3.63) is 50.7 Å². The van der Waals surface area contributed by atoms with Gasteiger partial charge in [-0.2, -0.15) is 0 Å². The number of ether oxygens (including phenoxy) is 1. The zero-order chi connectivity index (χ0) is 20.5. The molecular weight excluding hydrogens is 404 g/mol. The van der Waals surface area contributed by atoms with E-state index in [0.717, 1.165) is 32.0 Å². The van der Waals surface area contributed by atoms with E-state index in [0.29, 0.717) is 25.1 Å². The van der Waals surface area contributed by atoms with E-state index in [1.807, 2.05) is 44.7 Å². The van der Waals surface area contributed by atoms with Crippen molar-refractivity contribution in [1.29, 1.82) is 0 Å². The number of rotatable bonds is 4. The maximum absolute atomic E-state index is 12.8. The van der Waals surface area contributed by atoms with Gasteiger partial charge in [0.05, 0.1) is 44.1 Å². The summed E-state index contributed by atoms with van der Waals surface area (Å²) in [5.41, 5.74) is 3.53. The van der Waals surface area contributed by atoms with Crippen LogP contribution in [0.1, 0.15) is 45.6 Å². The van der Waals surface area contributed by atoms with Gasteiger partial charge in [-0.15, -0.1) is 22.7 Å². The topological polar surface area (TPSA) is 68.2 Å². The molecule has 0 N–H and O–H groups in total. The fourth-order valence-electron chi connectivity index (χ4n) is 3.60. The summed E-state index contributed by atoms with van der Waals surface area (Å²) in [5.74, 6) is 0.0126. The Morgan fingerprint density at radius 2 is 1.97 bits per heavy atom. The first-order valence-corrected chi connectivity index (χ1v) is 11.4. The highest BCUT2D eigenvalue weighted by atomic mass is 32.1. The molecule has 29 heavy (non-hydrogen) atoms. The molecule has 2 atom stereocenters.